The molecule has 8 nitrogen and oxygen atoms in total. The van der Waals surface area contributed by atoms with E-state index in [0.717, 1.165) is 12.1 Å². The van der Waals surface area contributed by atoms with Gasteiger partial charge in [0.25, 0.3) is 0 Å². The summed E-state index contributed by atoms with van der Waals surface area (Å²) in [4.78, 5) is 2.15. The number of nitrogens with zero attached hydrogens (tertiary/aromatic N) is 4. The minimum atomic E-state index is -3.24. The highest BCUT2D eigenvalue weighted by Gasteiger charge is 2.46. The van der Waals surface area contributed by atoms with Gasteiger partial charge in [-0.05, 0) is 25.0 Å². The molecule has 0 aliphatic carbocycles. The van der Waals surface area contributed by atoms with Crippen molar-refractivity contribution < 1.29 is 17.9 Å². The van der Waals surface area contributed by atoms with Crippen molar-refractivity contribution in [1.29, 1.82) is 0 Å². The average Bonchev–Trinajstić information content (AvgIpc) is 3.10. The molecule has 0 saturated carbocycles. The Morgan fingerprint density at radius 3 is 2.67 bits per heavy atom. The summed E-state index contributed by atoms with van der Waals surface area (Å²) in [5.41, 5.74) is 0.0854. The van der Waals surface area contributed by atoms with E-state index in [1.807, 2.05) is 30.3 Å². The van der Waals surface area contributed by atoms with Crippen LogP contribution in [0.15, 0.2) is 34.7 Å². The highest BCUT2D eigenvalue weighted by molar-refractivity contribution is 7.88. The van der Waals surface area contributed by atoms with Gasteiger partial charge >= 0.3 is 0 Å². The first-order valence-electron chi connectivity index (χ1n) is 9.11. The minimum Gasteiger partial charge on any atom is -0.419 e. The van der Waals surface area contributed by atoms with Crippen molar-refractivity contribution in [2.24, 2.45) is 5.92 Å². The smallest absolute Gasteiger partial charge is 0.247 e. The van der Waals surface area contributed by atoms with Gasteiger partial charge in [-0.1, -0.05) is 18.2 Å². The molecule has 0 amide bonds. The Labute approximate surface area is 158 Å². The number of fused-ring (bicyclic) bond motifs is 1. The van der Waals surface area contributed by atoms with Crippen LogP contribution in [-0.4, -0.2) is 71.0 Å². The van der Waals surface area contributed by atoms with Gasteiger partial charge in [-0.25, -0.2) is 12.7 Å². The fraction of sp³-hybridized carbons (Fsp3) is 0.556. The lowest BCUT2D eigenvalue weighted by Crippen LogP contribution is -2.60. The second kappa shape index (κ2) is 6.97. The molecule has 1 N–H and O–H groups in total. The van der Waals surface area contributed by atoms with E-state index in [-0.39, 0.29) is 5.92 Å². The van der Waals surface area contributed by atoms with Crippen molar-refractivity contribution in [3.05, 3.63) is 36.2 Å². The van der Waals surface area contributed by atoms with E-state index >= 15 is 0 Å². The van der Waals surface area contributed by atoms with E-state index in [2.05, 4.69) is 15.1 Å². The number of likely N-dealkylation sites (tertiary alicyclic amines) is 1. The molecule has 1 aromatic carbocycles. The molecular formula is C18H24N4O4S. The molecule has 3 heterocycles. The van der Waals surface area contributed by atoms with E-state index in [9.17, 15) is 13.5 Å². The van der Waals surface area contributed by atoms with Gasteiger partial charge in [-0.15, -0.1) is 10.2 Å². The van der Waals surface area contributed by atoms with Crippen molar-refractivity contribution in [2.45, 2.75) is 25.0 Å². The fourth-order valence-corrected chi connectivity index (χ4v) is 4.87. The van der Waals surface area contributed by atoms with E-state index in [0.29, 0.717) is 50.8 Å². The molecule has 27 heavy (non-hydrogen) atoms. The summed E-state index contributed by atoms with van der Waals surface area (Å²) in [6.45, 7) is 2.55. The second-order valence-corrected chi connectivity index (χ2v) is 9.51. The van der Waals surface area contributed by atoms with Gasteiger partial charge in [-0.3, -0.25) is 4.90 Å². The summed E-state index contributed by atoms with van der Waals surface area (Å²) in [5.74, 6) is 0.890. The van der Waals surface area contributed by atoms with Crippen LogP contribution in [0, 0.1) is 5.92 Å². The standard InChI is InChI=1S/C18H24N4O4S/c1-27(24,25)22-10-8-18(23)7-9-21(11-15(18)12-22)13-16-19-20-17(26-16)14-5-3-2-4-6-14/h2-6,15,23H,7-13H2,1H3/t15-,18-/m0/s1. The highest BCUT2D eigenvalue weighted by atomic mass is 32.2. The summed E-state index contributed by atoms with van der Waals surface area (Å²) in [6, 6.07) is 9.60. The van der Waals surface area contributed by atoms with Gasteiger partial charge in [0.1, 0.15) is 0 Å². The molecule has 0 radical (unpaired) electrons. The molecular weight excluding hydrogens is 368 g/mol. The van der Waals surface area contributed by atoms with Crippen LogP contribution in [0.4, 0.5) is 0 Å². The lowest BCUT2D eigenvalue weighted by Gasteiger charge is -2.49. The van der Waals surface area contributed by atoms with E-state index in [4.69, 9.17) is 4.42 Å². The molecule has 9 heteroatoms. The van der Waals surface area contributed by atoms with Gasteiger partial charge in [0, 0.05) is 37.7 Å². The number of benzene rings is 1. The first-order chi connectivity index (χ1) is 12.8. The highest BCUT2D eigenvalue weighted by Crippen LogP contribution is 2.36. The first-order valence-corrected chi connectivity index (χ1v) is 11.0. The quantitative estimate of drug-likeness (QED) is 0.827. The Balaban J connectivity index is 1.43. The molecule has 2 fully saturated rings. The van der Waals surface area contributed by atoms with E-state index in [1.54, 1.807) is 0 Å². The largest absolute Gasteiger partial charge is 0.419 e. The number of sulfonamides is 1. The summed E-state index contributed by atoms with van der Waals surface area (Å²) in [6.07, 6.45) is 2.33. The Hall–Kier alpha value is -1.81. The molecule has 0 unspecified atom stereocenters. The number of rotatable bonds is 4. The summed E-state index contributed by atoms with van der Waals surface area (Å²) >= 11 is 0. The second-order valence-electron chi connectivity index (χ2n) is 7.52. The van der Waals surface area contributed by atoms with Crippen LogP contribution in [0.1, 0.15) is 18.7 Å². The van der Waals surface area contributed by atoms with Crippen molar-refractivity contribution in [2.75, 3.05) is 32.4 Å². The maximum absolute atomic E-state index is 11.9. The molecule has 2 aromatic rings. The molecule has 2 saturated heterocycles. The maximum atomic E-state index is 11.9. The summed E-state index contributed by atoms with van der Waals surface area (Å²) in [7, 11) is -3.24. The zero-order chi connectivity index (χ0) is 19.1. The topological polar surface area (TPSA) is 99.8 Å². The first kappa shape index (κ1) is 18.5. The number of aromatic nitrogens is 2. The molecule has 4 rings (SSSR count). The third-order valence-electron chi connectivity index (χ3n) is 5.63. The van der Waals surface area contributed by atoms with Crippen molar-refractivity contribution >= 4 is 10.0 Å². The molecule has 2 atom stereocenters. The van der Waals surface area contributed by atoms with Crippen LogP contribution < -0.4 is 0 Å². The van der Waals surface area contributed by atoms with Crippen molar-refractivity contribution in [1.82, 2.24) is 19.4 Å². The average molecular weight is 392 g/mol. The molecule has 0 spiro atoms. The van der Waals surface area contributed by atoms with Gasteiger partial charge < -0.3 is 9.52 Å². The number of aliphatic hydroxyl groups is 1. The van der Waals surface area contributed by atoms with Crippen molar-refractivity contribution in [3.63, 3.8) is 0 Å². The Morgan fingerprint density at radius 2 is 1.93 bits per heavy atom. The predicted molar refractivity (Wildman–Crippen MR) is 99.1 cm³/mol. The Bertz CT molecular complexity index is 901. The minimum absolute atomic E-state index is 0.119. The van der Waals surface area contributed by atoms with Crippen LogP contribution in [-0.2, 0) is 16.6 Å². The summed E-state index contributed by atoms with van der Waals surface area (Å²) in [5, 5.41) is 19.2. The zero-order valence-corrected chi connectivity index (χ0v) is 16.1. The molecule has 2 aliphatic heterocycles. The predicted octanol–water partition coefficient (Wildman–Crippen LogP) is 0.955. The molecule has 0 bridgehead atoms. The monoisotopic (exact) mass is 392 g/mol. The molecule has 146 valence electrons. The molecule has 1 aromatic heterocycles. The van der Waals surface area contributed by atoms with Crippen LogP contribution in [0.3, 0.4) is 0 Å². The van der Waals surface area contributed by atoms with Crippen molar-refractivity contribution in [3.8, 4) is 11.5 Å². The maximum Gasteiger partial charge on any atom is 0.247 e. The Morgan fingerprint density at radius 1 is 1.19 bits per heavy atom. The van der Waals surface area contributed by atoms with Gasteiger partial charge in [0.15, 0.2) is 0 Å². The number of hydrogen-bond acceptors (Lipinski definition) is 7. The van der Waals surface area contributed by atoms with E-state index in [1.165, 1.54) is 10.6 Å². The van der Waals surface area contributed by atoms with Gasteiger partial charge in [0.05, 0.1) is 18.4 Å². The lowest BCUT2D eigenvalue weighted by atomic mass is 9.76. The van der Waals surface area contributed by atoms with Crippen LogP contribution >= 0.6 is 0 Å². The van der Waals surface area contributed by atoms with Crippen LogP contribution in [0.25, 0.3) is 11.5 Å². The lowest BCUT2D eigenvalue weighted by molar-refractivity contribution is -0.103. The van der Waals surface area contributed by atoms with E-state index < -0.39 is 15.6 Å². The van der Waals surface area contributed by atoms with Gasteiger partial charge in [0.2, 0.25) is 21.8 Å². The SMILES string of the molecule is CS(=O)(=O)N1CC[C@@]2(O)CCN(Cc3nnc(-c4ccccc4)o3)C[C@H]2C1. The third kappa shape index (κ3) is 3.91. The van der Waals surface area contributed by atoms with Crippen LogP contribution in [0.5, 0.6) is 0 Å². The Kier molecular flexibility index (Phi) is 4.79. The summed E-state index contributed by atoms with van der Waals surface area (Å²) < 4.78 is 31.0. The third-order valence-corrected chi connectivity index (χ3v) is 6.90. The normalized spacial score (nSPS) is 27.4. The van der Waals surface area contributed by atoms with Gasteiger partial charge in [-0.2, -0.15) is 0 Å². The molecule has 2 aliphatic rings. The fourth-order valence-electron chi connectivity index (χ4n) is 3.99. The zero-order valence-electron chi connectivity index (χ0n) is 15.3. The van der Waals surface area contributed by atoms with Crippen LogP contribution in [0.2, 0.25) is 0 Å². The number of hydrogen-bond donors (Lipinski definition) is 1. The number of piperidine rings is 2.